The fourth-order valence-electron chi connectivity index (χ4n) is 2.10. The van der Waals surface area contributed by atoms with Crippen LogP contribution in [0.15, 0.2) is 48.8 Å². The zero-order valence-corrected chi connectivity index (χ0v) is 14.6. The first-order chi connectivity index (χ1) is 12.6. The van der Waals surface area contributed by atoms with Gasteiger partial charge in [0, 0.05) is 31.2 Å². The van der Waals surface area contributed by atoms with Crippen molar-refractivity contribution in [3.63, 3.8) is 0 Å². The molecular formula is C18H23N5O3. The SMILES string of the molecule is CCN(OCc1ccncc1)C(=O)CNC(=O)NCc1ccc(N)cc1. The smallest absolute Gasteiger partial charge is 0.315 e. The summed E-state index contributed by atoms with van der Waals surface area (Å²) in [6.45, 7) is 2.61. The topological polar surface area (TPSA) is 110 Å². The zero-order chi connectivity index (χ0) is 18.8. The van der Waals surface area contributed by atoms with Crippen LogP contribution in [-0.2, 0) is 22.8 Å². The average molecular weight is 357 g/mol. The molecule has 0 fully saturated rings. The van der Waals surface area contributed by atoms with Crippen LogP contribution in [0.4, 0.5) is 10.5 Å². The number of anilines is 1. The highest BCUT2D eigenvalue weighted by Gasteiger charge is 2.13. The molecule has 0 radical (unpaired) electrons. The third-order valence-corrected chi connectivity index (χ3v) is 3.53. The molecule has 1 aromatic carbocycles. The lowest BCUT2D eigenvalue weighted by Crippen LogP contribution is -2.43. The molecule has 0 atom stereocenters. The van der Waals surface area contributed by atoms with Gasteiger partial charge in [-0.3, -0.25) is 14.6 Å². The fraction of sp³-hybridized carbons (Fsp3) is 0.278. The Kier molecular flexibility index (Phi) is 7.38. The number of nitrogens with two attached hydrogens (primary N) is 1. The van der Waals surface area contributed by atoms with Gasteiger partial charge < -0.3 is 16.4 Å². The van der Waals surface area contributed by atoms with Gasteiger partial charge in [0.2, 0.25) is 0 Å². The van der Waals surface area contributed by atoms with Crippen LogP contribution in [0.5, 0.6) is 0 Å². The van der Waals surface area contributed by atoms with Crippen LogP contribution in [0.3, 0.4) is 0 Å². The van der Waals surface area contributed by atoms with Gasteiger partial charge in [0.15, 0.2) is 0 Å². The van der Waals surface area contributed by atoms with E-state index in [2.05, 4.69) is 15.6 Å². The standard InChI is InChI=1S/C18H23N5O3/c1-2-23(26-13-15-7-9-20-10-8-15)17(24)12-22-18(25)21-11-14-3-5-16(19)6-4-14/h3-10H,2,11-13,19H2,1H3,(H2,21,22,25). The Morgan fingerprint density at radius 2 is 1.77 bits per heavy atom. The minimum absolute atomic E-state index is 0.155. The summed E-state index contributed by atoms with van der Waals surface area (Å²) in [4.78, 5) is 33.4. The van der Waals surface area contributed by atoms with E-state index in [1.54, 1.807) is 43.6 Å². The second-order valence-electron chi connectivity index (χ2n) is 5.50. The number of nitrogens with one attached hydrogen (secondary N) is 2. The number of rotatable bonds is 8. The van der Waals surface area contributed by atoms with E-state index >= 15 is 0 Å². The van der Waals surface area contributed by atoms with Crippen molar-refractivity contribution in [2.24, 2.45) is 0 Å². The highest BCUT2D eigenvalue weighted by Crippen LogP contribution is 2.05. The molecule has 1 heterocycles. The number of nitrogen functional groups attached to an aromatic ring is 1. The van der Waals surface area contributed by atoms with E-state index in [9.17, 15) is 9.59 Å². The van der Waals surface area contributed by atoms with Crippen molar-refractivity contribution in [2.75, 3.05) is 18.8 Å². The quantitative estimate of drug-likeness (QED) is 0.489. The summed E-state index contributed by atoms with van der Waals surface area (Å²) >= 11 is 0. The average Bonchev–Trinajstić information content (AvgIpc) is 2.67. The molecule has 0 aliphatic carbocycles. The van der Waals surface area contributed by atoms with Crippen LogP contribution in [0, 0.1) is 0 Å². The molecule has 8 nitrogen and oxygen atoms in total. The van der Waals surface area contributed by atoms with Gasteiger partial charge in [0.25, 0.3) is 5.91 Å². The molecule has 2 rings (SSSR count). The number of hydrogen-bond acceptors (Lipinski definition) is 5. The lowest BCUT2D eigenvalue weighted by Gasteiger charge is -2.20. The molecule has 0 spiro atoms. The summed E-state index contributed by atoms with van der Waals surface area (Å²) in [6.07, 6.45) is 3.31. The first kappa shape index (κ1) is 19.2. The van der Waals surface area contributed by atoms with Gasteiger partial charge in [-0.2, -0.15) is 0 Å². The van der Waals surface area contributed by atoms with Gasteiger partial charge in [-0.25, -0.2) is 9.86 Å². The number of amides is 3. The Balaban J connectivity index is 1.71. The zero-order valence-electron chi connectivity index (χ0n) is 14.6. The predicted octanol–water partition coefficient (Wildman–Crippen LogP) is 1.44. The maximum absolute atomic E-state index is 12.1. The molecular weight excluding hydrogens is 334 g/mol. The summed E-state index contributed by atoms with van der Waals surface area (Å²) in [5.74, 6) is -0.329. The monoisotopic (exact) mass is 357 g/mol. The van der Waals surface area contributed by atoms with Crippen molar-refractivity contribution in [2.45, 2.75) is 20.1 Å². The number of nitrogens with zero attached hydrogens (tertiary/aromatic N) is 2. The highest BCUT2D eigenvalue weighted by atomic mass is 16.7. The molecule has 0 saturated heterocycles. The predicted molar refractivity (Wildman–Crippen MR) is 97.5 cm³/mol. The normalized spacial score (nSPS) is 10.2. The number of pyridine rings is 1. The van der Waals surface area contributed by atoms with E-state index in [0.29, 0.717) is 18.8 Å². The van der Waals surface area contributed by atoms with Crippen molar-refractivity contribution in [1.82, 2.24) is 20.7 Å². The molecule has 0 aliphatic rings. The molecule has 0 aliphatic heterocycles. The van der Waals surface area contributed by atoms with Crippen LogP contribution < -0.4 is 16.4 Å². The van der Waals surface area contributed by atoms with Gasteiger partial charge in [-0.05, 0) is 42.3 Å². The second kappa shape index (κ2) is 10.00. The second-order valence-corrected chi connectivity index (χ2v) is 5.50. The Labute approximate surface area is 152 Å². The summed E-state index contributed by atoms with van der Waals surface area (Å²) in [5, 5.41) is 6.42. The van der Waals surface area contributed by atoms with E-state index in [4.69, 9.17) is 10.6 Å². The summed E-state index contributed by atoms with van der Waals surface area (Å²) in [5.41, 5.74) is 8.09. The Morgan fingerprint density at radius 3 is 2.42 bits per heavy atom. The number of urea groups is 1. The molecule has 3 amide bonds. The molecule has 8 heteroatoms. The number of carbonyl (C=O) groups is 2. The van der Waals surface area contributed by atoms with Crippen LogP contribution in [0.1, 0.15) is 18.1 Å². The molecule has 4 N–H and O–H groups in total. The van der Waals surface area contributed by atoms with E-state index in [-0.39, 0.29) is 19.1 Å². The van der Waals surface area contributed by atoms with E-state index in [0.717, 1.165) is 11.1 Å². The minimum atomic E-state index is -0.430. The van der Waals surface area contributed by atoms with Crippen LogP contribution in [-0.4, -0.2) is 35.1 Å². The molecule has 1 aromatic heterocycles. The molecule has 26 heavy (non-hydrogen) atoms. The summed E-state index contributed by atoms with van der Waals surface area (Å²) < 4.78 is 0. The number of likely N-dealkylation sites (N-methyl/N-ethyl adjacent to an activating group) is 1. The highest BCUT2D eigenvalue weighted by molar-refractivity contribution is 5.83. The van der Waals surface area contributed by atoms with Crippen molar-refractivity contribution in [3.05, 3.63) is 59.9 Å². The van der Waals surface area contributed by atoms with Gasteiger partial charge >= 0.3 is 6.03 Å². The lowest BCUT2D eigenvalue weighted by molar-refractivity contribution is -0.189. The van der Waals surface area contributed by atoms with Crippen LogP contribution in [0.2, 0.25) is 0 Å². The number of hydrogen-bond donors (Lipinski definition) is 3. The number of carbonyl (C=O) groups excluding carboxylic acids is 2. The third-order valence-electron chi connectivity index (χ3n) is 3.53. The van der Waals surface area contributed by atoms with Crippen molar-refractivity contribution in [3.8, 4) is 0 Å². The van der Waals surface area contributed by atoms with E-state index in [1.165, 1.54) is 5.06 Å². The number of benzene rings is 1. The Bertz CT molecular complexity index is 707. The fourth-order valence-corrected chi connectivity index (χ4v) is 2.10. The number of hydroxylamine groups is 2. The minimum Gasteiger partial charge on any atom is -0.399 e. The Morgan fingerprint density at radius 1 is 1.08 bits per heavy atom. The van der Waals surface area contributed by atoms with E-state index in [1.807, 2.05) is 12.1 Å². The molecule has 2 aromatic rings. The summed E-state index contributed by atoms with van der Waals surface area (Å²) in [6, 6.07) is 10.4. The number of aromatic nitrogens is 1. The first-order valence-corrected chi connectivity index (χ1v) is 8.26. The van der Waals surface area contributed by atoms with E-state index < -0.39 is 6.03 Å². The van der Waals surface area contributed by atoms with Crippen molar-refractivity contribution >= 4 is 17.6 Å². The van der Waals surface area contributed by atoms with Crippen molar-refractivity contribution < 1.29 is 14.4 Å². The molecule has 0 unspecified atom stereocenters. The molecule has 138 valence electrons. The molecule has 0 bridgehead atoms. The van der Waals surface area contributed by atoms with Gasteiger partial charge in [0.05, 0.1) is 0 Å². The largest absolute Gasteiger partial charge is 0.399 e. The summed E-state index contributed by atoms with van der Waals surface area (Å²) in [7, 11) is 0. The first-order valence-electron chi connectivity index (χ1n) is 8.26. The Hall–Kier alpha value is -3.13. The third kappa shape index (κ3) is 6.40. The maximum Gasteiger partial charge on any atom is 0.315 e. The van der Waals surface area contributed by atoms with Gasteiger partial charge in [0.1, 0.15) is 13.2 Å². The van der Waals surface area contributed by atoms with Gasteiger partial charge in [-0.15, -0.1) is 0 Å². The van der Waals surface area contributed by atoms with Crippen LogP contribution >= 0.6 is 0 Å². The van der Waals surface area contributed by atoms with Crippen LogP contribution in [0.25, 0.3) is 0 Å². The molecule has 0 saturated carbocycles. The lowest BCUT2D eigenvalue weighted by atomic mass is 10.2. The van der Waals surface area contributed by atoms with Crippen molar-refractivity contribution in [1.29, 1.82) is 0 Å². The maximum atomic E-state index is 12.1. The van der Waals surface area contributed by atoms with Gasteiger partial charge in [-0.1, -0.05) is 12.1 Å².